The Labute approximate surface area is 351 Å². The number of halogens is 1. The first kappa shape index (κ1) is 42.7. The monoisotopic (exact) mass is 835 g/mol. The summed E-state index contributed by atoms with van der Waals surface area (Å²) in [6.45, 7) is 17.6. The number of aromatic nitrogens is 1. The van der Waals surface area contributed by atoms with Crippen LogP contribution in [0.25, 0.3) is 17.0 Å². The number of rotatable bonds is 14. The van der Waals surface area contributed by atoms with E-state index in [1.807, 2.05) is 52.8 Å². The van der Waals surface area contributed by atoms with Crippen LogP contribution < -0.4 is 20.1 Å². The minimum atomic E-state index is -1.28. The van der Waals surface area contributed by atoms with Gasteiger partial charge in [0.2, 0.25) is 11.8 Å². The summed E-state index contributed by atoms with van der Waals surface area (Å²) in [6.07, 6.45) is 5.28. The van der Waals surface area contributed by atoms with Gasteiger partial charge >= 0.3 is 12.1 Å². The van der Waals surface area contributed by atoms with E-state index in [-0.39, 0.29) is 25.0 Å². The predicted molar refractivity (Wildman–Crippen MR) is 222 cm³/mol. The van der Waals surface area contributed by atoms with Crippen molar-refractivity contribution < 1.29 is 42.9 Å². The molecule has 2 aromatic rings. The highest BCUT2D eigenvalue weighted by Crippen LogP contribution is 2.52. The van der Waals surface area contributed by atoms with Crippen LogP contribution in [0.15, 0.2) is 36.4 Å². The lowest BCUT2D eigenvalue weighted by Gasteiger charge is -2.35. The van der Waals surface area contributed by atoms with Gasteiger partial charge in [0.15, 0.2) is 0 Å². The number of likely N-dealkylation sites (tertiary alicyclic amines) is 1. The average Bonchev–Trinajstić information content (AvgIpc) is 4.00. The fourth-order valence-corrected chi connectivity index (χ4v) is 9.09. The number of carbonyl (C=O) groups excluding carboxylic acids is 4. The molecule has 7 rings (SSSR count). The number of amides is 3. The molecular weight excluding hydrogens is 778 g/mol. The Hall–Kier alpha value is -4.40. The molecule has 1 aromatic heterocycles. The molecule has 3 amide bonds. The van der Waals surface area contributed by atoms with Gasteiger partial charge in [0.25, 0.3) is 0 Å². The van der Waals surface area contributed by atoms with Crippen molar-refractivity contribution in [3.05, 3.63) is 47.1 Å². The quantitative estimate of drug-likeness (QED) is 0.182. The first-order valence-corrected chi connectivity index (χ1v) is 21.2. The Morgan fingerprint density at radius 1 is 1.07 bits per heavy atom. The van der Waals surface area contributed by atoms with Crippen molar-refractivity contribution >= 4 is 52.5 Å². The summed E-state index contributed by atoms with van der Waals surface area (Å²) < 4.78 is 29.2. The lowest BCUT2D eigenvalue weighted by molar-refractivity contribution is -0.148. The van der Waals surface area contributed by atoms with E-state index in [0.29, 0.717) is 71.2 Å². The molecule has 14 nitrogen and oxygen atoms in total. The number of nitrogens with zero attached hydrogens (tertiary/aromatic N) is 3. The fraction of sp³-hybridized carbons (Fsp3) is 0.614. The Kier molecular flexibility index (Phi) is 12.5. The molecule has 2 N–H and O–H groups in total. The highest BCUT2D eigenvalue weighted by Gasteiger charge is 2.62. The van der Waals surface area contributed by atoms with Crippen LogP contribution in [-0.2, 0) is 28.6 Å². The number of nitrogens with one attached hydrogen (secondary N) is 2. The number of allylic oxidation sites excluding steroid dienone is 1. The van der Waals surface area contributed by atoms with Gasteiger partial charge in [0.1, 0.15) is 53.0 Å². The molecule has 59 heavy (non-hydrogen) atoms. The smallest absolute Gasteiger partial charge is 0.408 e. The summed E-state index contributed by atoms with van der Waals surface area (Å²) in [5.74, 6) is 0.269. The highest BCUT2D eigenvalue weighted by molar-refractivity contribution is 6.36. The van der Waals surface area contributed by atoms with Crippen molar-refractivity contribution in [3.63, 3.8) is 0 Å². The van der Waals surface area contributed by atoms with E-state index in [2.05, 4.69) is 22.1 Å². The molecule has 5 aliphatic rings. The Bertz CT molecular complexity index is 1980. The van der Waals surface area contributed by atoms with E-state index >= 15 is 0 Å². The second-order valence-corrected chi connectivity index (χ2v) is 18.4. The van der Waals surface area contributed by atoms with Gasteiger partial charge in [0.05, 0.1) is 38.1 Å². The molecule has 15 heteroatoms. The van der Waals surface area contributed by atoms with Gasteiger partial charge in [-0.25, -0.2) is 14.6 Å². The van der Waals surface area contributed by atoms with E-state index < -0.39 is 53.0 Å². The van der Waals surface area contributed by atoms with Gasteiger partial charge in [-0.15, -0.1) is 6.58 Å². The van der Waals surface area contributed by atoms with Crippen LogP contribution in [0.4, 0.5) is 4.79 Å². The van der Waals surface area contributed by atoms with Crippen molar-refractivity contribution in [2.75, 3.05) is 53.1 Å². The van der Waals surface area contributed by atoms with Crippen molar-refractivity contribution in [2.45, 2.75) is 96.6 Å². The standard InChI is InChI=1S/C44H58ClN5O9/c1-8-28-23-44(28,41(53)55-7)48-39(51)33-22-31(24-50(33)40(52)38(43(4,5)6)47-42(54)59-30-19-26-18-27(26)20-30)58-35-21-29(17-25(2)3)46-37-32(35)9-10-34(36(37)45)57-16-13-49-11-14-56-15-12-49/h8-10,17,21,26-28,30-31,33,38H,1,11-16,18-20,22-24H2,2-7H3,(H,47,54)(H,48,51)/t26-,27+,28-,30+,31-,33+,38-,44-/m1/s1. The van der Waals surface area contributed by atoms with Crippen LogP contribution in [-0.4, -0.2) is 122 Å². The van der Waals surface area contributed by atoms with E-state index in [1.54, 1.807) is 12.1 Å². The second kappa shape index (κ2) is 17.3. The number of esters is 1. The average molecular weight is 836 g/mol. The number of pyridine rings is 1. The maximum absolute atomic E-state index is 14.7. The number of ether oxygens (including phenoxy) is 5. The normalized spacial score (nSPS) is 27.9. The molecule has 1 aromatic carbocycles. The maximum Gasteiger partial charge on any atom is 0.408 e. The van der Waals surface area contributed by atoms with E-state index in [0.717, 1.165) is 38.0 Å². The number of methoxy groups -OCH3 is 1. The molecule has 3 heterocycles. The maximum atomic E-state index is 14.7. The van der Waals surface area contributed by atoms with Gasteiger partial charge in [-0.2, -0.15) is 0 Å². The zero-order valence-corrected chi connectivity index (χ0v) is 35.8. The van der Waals surface area contributed by atoms with Gasteiger partial charge in [0, 0.05) is 43.4 Å². The zero-order chi connectivity index (χ0) is 42.2. The van der Waals surface area contributed by atoms with E-state index in [9.17, 15) is 19.2 Å². The van der Waals surface area contributed by atoms with E-state index in [1.165, 1.54) is 18.4 Å². The van der Waals surface area contributed by atoms with Gasteiger partial charge in [-0.1, -0.05) is 44.0 Å². The predicted octanol–water partition coefficient (Wildman–Crippen LogP) is 5.54. The SMILES string of the molecule is C=C[C@@H]1C[C@]1(NC(=O)[C@@H]1C[C@@H](Oc2cc(C=C(C)C)nc3c(Cl)c(OCCN4CCOCC4)ccc23)CN1C(=O)[C@@H](NC(=O)O[C@@H]1C[C@@H]2C[C@@H]2C1)C(C)(C)C)C(=O)OC. The molecule has 5 fully saturated rings. The third-order valence-electron chi connectivity index (χ3n) is 12.3. The minimum Gasteiger partial charge on any atom is -0.491 e. The number of hydrogen-bond acceptors (Lipinski definition) is 11. The van der Waals surface area contributed by atoms with Crippen molar-refractivity contribution in [2.24, 2.45) is 23.2 Å². The third-order valence-corrected chi connectivity index (χ3v) is 12.6. The summed E-state index contributed by atoms with van der Waals surface area (Å²) in [6, 6.07) is 3.37. The fourth-order valence-electron chi connectivity index (χ4n) is 8.83. The van der Waals surface area contributed by atoms with Crippen LogP contribution in [0.1, 0.15) is 72.4 Å². The Balaban J connectivity index is 1.16. The summed E-state index contributed by atoms with van der Waals surface area (Å²) in [5.41, 5.74) is 0.0609. The zero-order valence-electron chi connectivity index (χ0n) is 35.0. The molecule has 0 unspecified atom stereocenters. The molecular formula is C44H58ClN5O9. The van der Waals surface area contributed by atoms with E-state index in [4.69, 9.17) is 40.3 Å². The molecule has 2 aliphatic heterocycles. The first-order chi connectivity index (χ1) is 28.1. The van der Waals surface area contributed by atoms with Crippen molar-refractivity contribution in [1.29, 1.82) is 0 Å². The van der Waals surface area contributed by atoms with Crippen molar-refractivity contribution in [3.8, 4) is 11.5 Å². The lowest BCUT2D eigenvalue weighted by atomic mass is 9.85. The van der Waals surface area contributed by atoms with Crippen LogP contribution in [0.2, 0.25) is 5.02 Å². The second-order valence-electron chi connectivity index (χ2n) is 18.0. The number of hydrogen-bond donors (Lipinski definition) is 2. The Morgan fingerprint density at radius 2 is 1.80 bits per heavy atom. The van der Waals surface area contributed by atoms with Crippen molar-refractivity contribution in [1.82, 2.24) is 25.4 Å². The molecule has 0 bridgehead atoms. The molecule has 0 radical (unpaired) electrons. The molecule has 2 saturated heterocycles. The number of morpholine rings is 1. The van der Waals surface area contributed by atoms with Crippen LogP contribution in [0.5, 0.6) is 11.5 Å². The summed E-state index contributed by atoms with van der Waals surface area (Å²) in [7, 11) is 1.27. The van der Waals surface area contributed by atoms with Crippen LogP contribution in [0, 0.1) is 23.2 Å². The summed E-state index contributed by atoms with van der Waals surface area (Å²) >= 11 is 7.01. The largest absolute Gasteiger partial charge is 0.491 e. The number of benzene rings is 1. The summed E-state index contributed by atoms with van der Waals surface area (Å²) in [4.78, 5) is 64.0. The molecule has 3 saturated carbocycles. The number of alkyl carbamates (subject to hydrolysis) is 1. The third kappa shape index (κ3) is 9.49. The van der Waals surface area contributed by atoms with Gasteiger partial charge in [-0.05, 0) is 75.0 Å². The molecule has 320 valence electrons. The highest BCUT2D eigenvalue weighted by atomic mass is 35.5. The number of fused-ring (bicyclic) bond motifs is 2. The van der Waals surface area contributed by atoms with Gasteiger partial charge < -0.3 is 39.2 Å². The van der Waals surface area contributed by atoms with Crippen LogP contribution in [0.3, 0.4) is 0 Å². The molecule has 3 aliphatic carbocycles. The van der Waals surface area contributed by atoms with Crippen LogP contribution >= 0.6 is 11.6 Å². The minimum absolute atomic E-state index is 0.0145. The Morgan fingerprint density at radius 3 is 2.44 bits per heavy atom. The molecule has 0 spiro atoms. The number of carbonyl (C=O) groups is 4. The molecule has 8 atom stereocenters. The topological polar surface area (TPSA) is 158 Å². The lowest BCUT2D eigenvalue weighted by Crippen LogP contribution is -2.59. The first-order valence-electron chi connectivity index (χ1n) is 20.8. The van der Waals surface area contributed by atoms with Gasteiger partial charge in [-0.3, -0.25) is 14.5 Å². The summed E-state index contributed by atoms with van der Waals surface area (Å²) in [5, 5.41) is 6.73.